The highest BCUT2D eigenvalue weighted by molar-refractivity contribution is 5.95. The molecule has 23 heteroatoms. The van der Waals surface area contributed by atoms with Crippen molar-refractivity contribution in [1.29, 1.82) is 0 Å². The van der Waals surface area contributed by atoms with Crippen molar-refractivity contribution < 1.29 is 110 Å². The van der Waals surface area contributed by atoms with Crippen molar-refractivity contribution in [2.24, 2.45) is 0 Å². The third-order valence-electron chi connectivity index (χ3n) is 12.9. The minimum atomic E-state index is -0.952. The number of fused-ring (bicyclic) bond motifs is 1. The van der Waals surface area contributed by atoms with Crippen LogP contribution in [0, 0.1) is 0 Å². The molecule has 2 unspecified atom stereocenters. The van der Waals surface area contributed by atoms with E-state index in [0.29, 0.717) is 38.5 Å². The predicted octanol–water partition coefficient (Wildman–Crippen LogP) is 9.97. The SMILES string of the molecule is C=CC(=O)CCCCCOC(=O)Oc1ccc(C(=O)Oc2ccc(C(=O)Oc3ccc(C(=O)O[C@H]4COC5C4OC[C@@H]5OC(=O)c4ccc(OC(=O)c5ccc(OC(=O)c6ccc(OC(=O)OCCCCOC(=O)C=C)cc6)cc5)cc4)cc3)cc2)cc1. The number of unbranched alkanes of at least 4 members (excludes halogenated alkanes) is 3. The Bertz CT molecular complexity index is 3250. The summed E-state index contributed by atoms with van der Waals surface area (Å²) in [5.41, 5.74) is 0.836. The fourth-order valence-electron chi connectivity index (χ4n) is 8.34. The van der Waals surface area contributed by atoms with Gasteiger partial charge >= 0.3 is 54.1 Å². The van der Waals surface area contributed by atoms with Crippen LogP contribution in [0.15, 0.2) is 171 Å². The minimum Gasteiger partial charge on any atom is -0.463 e. The Hall–Kier alpha value is -10.8. The van der Waals surface area contributed by atoms with E-state index in [0.717, 1.165) is 6.08 Å². The third kappa shape index (κ3) is 18.6. The van der Waals surface area contributed by atoms with E-state index in [2.05, 4.69) is 13.2 Å². The van der Waals surface area contributed by atoms with Gasteiger partial charge in [-0.1, -0.05) is 13.2 Å². The molecule has 0 N–H and O–H groups in total. The monoisotopic (exact) mass is 1200 g/mol. The molecule has 0 aliphatic carbocycles. The standard InChI is InChI=1S/C65H56O23/c1-3-46(66)10-6-5-7-36-77-64(74)85-51-31-19-42(20-32-51)60(70)81-47-23-11-40(12-24-47)58(68)83-49-27-15-44(16-28-49)62(72)87-53-38-79-57-54(39-80-56(53)57)88-63(73)45-17-29-50(30-18-45)84-59(69)41-13-25-48(26-14-41)82-61(71)43-21-33-52(34-22-43)86-65(75)78-37-9-8-35-76-55(67)4-2/h3-4,11-34,53-54,56-57H,1-2,5-10,35-39H2/t53-,54-,56?,57?/m0/s1. The Labute approximate surface area is 502 Å². The molecular weight excluding hydrogens is 1150 g/mol. The molecule has 2 aliphatic heterocycles. The van der Waals surface area contributed by atoms with Crippen LogP contribution in [0.5, 0.6) is 34.5 Å². The van der Waals surface area contributed by atoms with Gasteiger partial charge in [0.05, 0.1) is 66.4 Å². The lowest BCUT2D eigenvalue weighted by atomic mass is 10.1. The van der Waals surface area contributed by atoms with Crippen molar-refractivity contribution >= 4 is 59.9 Å². The van der Waals surface area contributed by atoms with Crippen molar-refractivity contribution in [2.45, 2.75) is 62.9 Å². The van der Waals surface area contributed by atoms with Crippen molar-refractivity contribution in [1.82, 2.24) is 0 Å². The smallest absolute Gasteiger partial charge is 0.463 e. The van der Waals surface area contributed by atoms with Gasteiger partial charge in [0.2, 0.25) is 0 Å². The first-order valence-electron chi connectivity index (χ1n) is 27.4. The van der Waals surface area contributed by atoms with E-state index in [1.165, 1.54) is 152 Å². The second-order valence-corrected chi connectivity index (χ2v) is 19.1. The molecule has 8 rings (SSSR count). The van der Waals surface area contributed by atoms with Gasteiger partial charge in [0.15, 0.2) is 18.0 Å². The van der Waals surface area contributed by atoms with Crippen LogP contribution in [0.1, 0.15) is 101 Å². The van der Waals surface area contributed by atoms with Crippen molar-refractivity contribution in [3.05, 3.63) is 204 Å². The lowest BCUT2D eigenvalue weighted by Gasteiger charge is -2.17. The first-order chi connectivity index (χ1) is 42.6. The summed E-state index contributed by atoms with van der Waals surface area (Å²) in [6, 6.07) is 33.6. The van der Waals surface area contributed by atoms with Gasteiger partial charge in [0, 0.05) is 12.5 Å². The number of ketones is 1. The Kier molecular flexibility index (Phi) is 22.6. The molecule has 0 aromatic heterocycles. The van der Waals surface area contributed by atoms with Crippen LogP contribution in [0.4, 0.5) is 9.59 Å². The number of hydrogen-bond donors (Lipinski definition) is 0. The maximum Gasteiger partial charge on any atom is 0.513 e. The van der Waals surface area contributed by atoms with Crippen molar-refractivity contribution in [2.75, 3.05) is 33.0 Å². The van der Waals surface area contributed by atoms with Crippen LogP contribution in [0.3, 0.4) is 0 Å². The van der Waals surface area contributed by atoms with Gasteiger partial charge in [-0.3, -0.25) is 4.79 Å². The van der Waals surface area contributed by atoms with E-state index in [9.17, 15) is 47.9 Å². The fraction of sp³-hybridized carbons (Fsp3) is 0.231. The first-order valence-corrected chi connectivity index (χ1v) is 27.4. The summed E-state index contributed by atoms with van der Waals surface area (Å²) in [4.78, 5) is 124. The van der Waals surface area contributed by atoms with Crippen LogP contribution in [-0.4, -0.2) is 117 Å². The number of benzene rings is 6. The highest BCUT2D eigenvalue weighted by Gasteiger charge is 2.51. The number of carbonyl (C=O) groups is 10. The highest BCUT2D eigenvalue weighted by Crippen LogP contribution is 2.32. The van der Waals surface area contributed by atoms with Gasteiger partial charge < -0.3 is 61.6 Å². The van der Waals surface area contributed by atoms with E-state index >= 15 is 0 Å². The highest BCUT2D eigenvalue weighted by atomic mass is 16.7. The normalized spacial score (nSPS) is 15.4. The molecule has 0 bridgehead atoms. The zero-order valence-corrected chi connectivity index (χ0v) is 46.9. The fourth-order valence-corrected chi connectivity index (χ4v) is 8.34. The molecule has 0 radical (unpaired) electrons. The van der Waals surface area contributed by atoms with Crippen LogP contribution < -0.4 is 28.4 Å². The molecule has 23 nitrogen and oxygen atoms in total. The van der Waals surface area contributed by atoms with Crippen LogP contribution in [-0.2, 0) is 42.7 Å². The molecule has 88 heavy (non-hydrogen) atoms. The summed E-state index contributed by atoms with van der Waals surface area (Å²) in [7, 11) is 0. The maximum atomic E-state index is 13.2. The quantitative estimate of drug-likeness (QED) is 0.0116. The molecule has 0 saturated carbocycles. The molecule has 2 saturated heterocycles. The van der Waals surface area contributed by atoms with Crippen LogP contribution >= 0.6 is 0 Å². The molecule has 2 fully saturated rings. The minimum absolute atomic E-state index is 0.0411. The molecule has 4 atom stereocenters. The summed E-state index contributed by atoms with van der Waals surface area (Å²) in [5, 5.41) is 0. The predicted molar refractivity (Wildman–Crippen MR) is 304 cm³/mol. The average Bonchev–Trinajstić information content (AvgIpc) is 2.18. The van der Waals surface area contributed by atoms with Gasteiger partial charge in [-0.05, 0) is 184 Å². The van der Waals surface area contributed by atoms with E-state index in [1.807, 2.05) is 0 Å². The van der Waals surface area contributed by atoms with E-state index in [4.69, 9.17) is 61.6 Å². The molecule has 2 heterocycles. The zero-order valence-electron chi connectivity index (χ0n) is 46.9. The second-order valence-electron chi connectivity index (χ2n) is 19.1. The van der Waals surface area contributed by atoms with Crippen LogP contribution in [0.25, 0.3) is 0 Å². The molecule has 0 amide bonds. The van der Waals surface area contributed by atoms with Crippen molar-refractivity contribution in [3.8, 4) is 34.5 Å². The van der Waals surface area contributed by atoms with Crippen LogP contribution in [0.2, 0.25) is 0 Å². The zero-order chi connectivity index (χ0) is 62.4. The maximum absolute atomic E-state index is 13.2. The molecule has 0 spiro atoms. The van der Waals surface area contributed by atoms with Crippen molar-refractivity contribution in [3.63, 3.8) is 0 Å². The number of rotatable bonds is 27. The summed E-state index contributed by atoms with van der Waals surface area (Å²) < 4.78 is 70.0. The van der Waals surface area contributed by atoms with Gasteiger partial charge in [-0.25, -0.2) is 43.2 Å². The second kappa shape index (κ2) is 31.4. The average molecular weight is 1210 g/mol. The Morgan fingerprint density at radius 1 is 0.352 bits per heavy atom. The van der Waals surface area contributed by atoms with E-state index in [-0.39, 0.29) is 107 Å². The molecule has 6 aromatic rings. The number of ether oxygens (including phenoxy) is 13. The Morgan fingerprint density at radius 3 is 0.943 bits per heavy atom. The number of allylic oxidation sites excluding steroid dienone is 1. The van der Waals surface area contributed by atoms with Gasteiger partial charge in [0.1, 0.15) is 46.7 Å². The summed E-state index contributed by atoms with van der Waals surface area (Å²) >= 11 is 0. The molecular formula is C65H56O23. The van der Waals surface area contributed by atoms with E-state index in [1.54, 1.807) is 0 Å². The molecule has 2 aliphatic rings. The van der Waals surface area contributed by atoms with E-state index < -0.39 is 78.5 Å². The number of hydrogen-bond acceptors (Lipinski definition) is 23. The number of carbonyl (C=O) groups excluding carboxylic acids is 10. The molecule has 6 aromatic carbocycles. The third-order valence-corrected chi connectivity index (χ3v) is 12.9. The molecule has 454 valence electrons. The summed E-state index contributed by atoms with van der Waals surface area (Å²) in [6.45, 7) is 6.97. The Balaban J connectivity index is 0.707. The number of esters is 7. The lowest BCUT2D eigenvalue weighted by molar-refractivity contribution is -0.137. The summed E-state index contributed by atoms with van der Waals surface area (Å²) in [6.07, 6.45) is 0.495. The lowest BCUT2D eigenvalue weighted by Crippen LogP contribution is -2.36. The van der Waals surface area contributed by atoms with Gasteiger partial charge in [-0.2, -0.15) is 0 Å². The largest absolute Gasteiger partial charge is 0.513 e. The van der Waals surface area contributed by atoms with Gasteiger partial charge in [0.25, 0.3) is 0 Å². The Morgan fingerprint density at radius 2 is 0.636 bits per heavy atom. The summed E-state index contributed by atoms with van der Waals surface area (Å²) in [5.74, 6) is -4.14. The first kappa shape index (κ1) is 63.2. The van der Waals surface area contributed by atoms with Gasteiger partial charge in [-0.15, -0.1) is 0 Å². The topological polar surface area (TPSA) is 291 Å².